The maximum absolute atomic E-state index is 3.65. The first-order valence-electron chi connectivity index (χ1n) is 7.45. The average Bonchev–Trinajstić information content (AvgIpc) is 2.51. The Morgan fingerprint density at radius 3 is 2.43 bits per heavy atom. The third-order valence-electron chi connectivity index (χ3n) is 3.44. The van der Waals surface area contributed by atoms with Crippen LogP contribution in [0, 0.1) is 0 Å². The van der Waals surface area contributed by atoms with Crippen molar-refractivity contribution in [2.24, 2.45) is 0 Å². The Bertz CT molecular complexity index is 544. The highest BCUT2D eigenvalue weighted by Gasteiger charge is 2.21. The highest BCUT2D eigenvalue weighted by Crippen LogP contribution is 2.35. The van der Waals surface area contributed by atoms with Crippen molar-refractivity contribution in [3.8, 4) is 0 Å². The van der Waals surface area contributed by atoms with Gasteiger partial charge in [-0.3, -0.25) is 0 Å². The molecule has 2 aromatic carbocycles. The summed E-state index contributed by atoms with van der Waals surface area (Å²) in [6.45, 7) is 5.42. The topological polar surface area (TPSA) is 12.0 Å². The number of halogens is 1. The summed E-state index contributed by atoms with van der Waals surface area (Å²) in [5.74, 6) is 0. The number of rotatable bonds is 7. The smallest absolute Gasteiger partial charge is 0.0443 e. The molecule has 0 fully saturated rings. The van der Waals surface area contributed by atoms with Gasteiger partial charge in [0.1, 0.15) is 0 Å². The quantitative estimate of drug-likeness (QED) is 0.635. The van der Waals surface area contributed by atoms with Gasteiger partial charge in [-0.05, 0) is 36.7 Å². The molecule has 1 N–H and O–H groups in total. The van der Waals surface area contributed by atoms with Crippen LogP contribution in [0.25, 0.3) is 0 Å². The van der Waals surface area contributed by atoms with Crippen molar-refractivity contribution < 1.29 is 0 Å². The number of hydrogen-bond donors (Lipinski definition) is 1. The van der Waals surface area contributed by atoms with E-state index in [2.05, 4.69) is 89.7 Å². The minimum Gasteiger partial charge on any atom is -0.309 e. The van der Waals surface area contributed by atoms with Crippen molar-refractivity contribution in [1.82, 2.24) is 5.32 Å². The summed E-state index contributed by atoms with van der Waals surface area (Å²) >= 11 is 5.51. The molecule has 0 saturated heterocycles. The predicted octanol–water partition coefficient (Wildman–Crippen LogP) is 5.67. The van der Waals surface area contributed by atoms with Crippen LogP contribution in [0.2, 0.25) is 0 Å². The summed E-state index contributed by atoms with van der Waals surface area (Å²) in [5, 5.41) is 4.17. The Hall–Kier alpha value is -0.770. The lowest BCUT2D eigenvalue weighted by Gasteiger charge is -2.27. The molecular formula is C18H22BrNS. The average molecular weight is 364 g/mol. The molecule has 2 unspecified atom stereocenters. The molecule has 0 radical (unpaired) electrons. The molecule has 3 heteroatoms. The van der Waals surface area contributed by atoms with Gasteiger partial charge in [0.15, 0.2) is 0 Å². The van der Waals surface area contributed by atoms with E-state index in [1.807, 2.05) is 11.8 Å². The summed E-state index contributed by atoms with van der Waals surface area (Å²) in [4.78, 5) is 1.31. The minimum atomic E-state index is 0.380. The first-order chi connectivity index (χ1) is 10.2. The maximum atomic E-state index is 3.65. The molecule has 0 aliphatic rings. The Balaban J connectivity index is 2.20. The lowest BCUT2D eigenvalue weighted by atomic mass is 10.0. The van der Waals surface area contributed by atoms with Crippen LogP contribution in [0.1, 0.15) is 31.9 Å². The van der Waals surface area contributed by atoms with Crippen LogP contribution in [-0.4, -0.2) is 11.8 Å². The monoisotopic (exact) mass is 363 g/mol. The largest absolute Gasteiger partial charge is 0.309 e. The fraction of sp³-hybridized carbons (Fsp3) is 0.333. The van der Waals surface area contributed by atoms with E-state index in [4.69, 9.17) is 0 Å². The zero-order chi connectivity index (χ0) is 15.1. The fourth-order valence-corrected chi connectivity index (χ4v) is 4.26. The molecule has 2 atom stereocenters. The van der Waals surface area contributed by atoms with Crippen LogP contribution >= 0.6 is 27.7 Å². The van der Waals surface area contributed by atoms with Gasteiger partial charge in [-0.1, -0.05) is 66.2 Å². The summed E-state index contributed by atoms with van der Waals surface area (Å²) < 4.78 is 1.14. The molecule has 0 saturated carbocycles. The van der Waals surface area contributed by atoms with Crippen LogP contribution in [0.15, 0.2) is 64.0 Å². The van der Waals surface area contributed by atoms with Crippen LogP contribution < -0.4 is 5.32 Å². The summed E-state index contributed by atoms with van der Waals surface area (Å²) in [6.07, 6.45) is 1.13. The molecule has 0 aromatic heterocycles. The molecule has 0 aliphatic heterocycles. The van der Waals surface area contributed by atoms with Crippen LogP contribution in [0.5, 0.6) is 0 Å². The second-order valence-corrected chi connectivity index (χ2v) is 7.20. The number of hydrogen-bond acceptors (Lipinski definition) is 2. The Morgan fingerprint density at radius 2 is 1.81 bits per heavy atom. The van der Waals surface area contributed by atoms with Crippen molar-refractivity contribution in [1.29, 1.82) is 0 Å². The normalized spacial score (nSPS) is 13.9. The Kier molecular flexibility index (Phi) is 6.81. The summed E-state index contributed by atoms with van der Waals surface area (Å²) in [5.41, 5.74) is 1.37. The summed E-state index contributed by atoms with van der Waals surface area (Å²) in [6, 6.07) is 19.7. The highest BCUT2D eigenvalue weighted by atomic mass is 79.9. The van der Waals surface area contributed by atoms with E-state index >= 15 is 0 Å². The predicted molar refractivity (Wildman–Crippen MR) is 96.9 cm³/mol. The van der Waals surface area contributed by atoms with E-state index in [-0.39, 0.29) is 0 Å². The highest BCUT2D eigenvalue weighted by molar-refractivity contribution is 9.10. The van der Waals surface area contributed by atoms with Gasteiger partial charge in [-0.15, -0.1) is 11.8 Å². The van der Waals surface area contributed by atoms with Gasteiger partial charge in [-0.25, -0.2) is 0 Å². The minimum absolute atomic E-state index is 0.380. The molecule has 21 heavy (non-hydrogen) atoms. The first-order valence-corrected chi connectivity index (χ1v) is 9.12. The molecule has 2 rings (SSSR count). The van der Waals surface area contributed by atoms with Gasteiger partial charge in [-0.2, -0.15) is 0 Å². The standard InChI is InChI=1S/C18H22BrNS/c1-3-17(21-16-12-8-11-15(19)13-16)18(20-4-2)14-9-6-5-7-10-14/h5-13,17-18,20H,3-4H2,1-2H3. The Morgan fingerprint density at radius 1 is 1.05 bits per heavy atom. The van der Waals surface area contributed by atoms with Gasteiger partial charge in [0.05, 0.1) is 0 Å². The van der Waals surface area contributed by atoms with E-state index in [1.165, 1.54) is 10.5 Å². The van der Waals surface area contributed by atoms with Crippen molar-refractivity contribution in [2.45, 2.75) is 36.5 Å². The van der Waals surface area contributed by atoms with Crippen molar-refractivity contribution in [3.05, 3.63) is 64.6 Å². The first kappa shape index (κ1) is 16.6. The maximum Gasteiger partial charge on any atom is 0.0443 e. The van der Waals surface area contributed by atoms with Gasteiger partial charge < -0.3 is 5.32 Å². The van der Waals surface area contributed by atoms with Crippen LogP contribution in [0.3, 0.4) is 0 Å². The number of thioether (sulfide) groups is 1. The van der Waals surface area contributed by atoms with Crippen LogP contribution in [-0.2, 0) is 0 Å². The third-order valence-corrected chi connectivity index (χ3v) is 5.37. The molecule has 0 spiro atoms. The second-order valence-electron chi connectivity index (χ2n) is 4.97. The third kappa shape index (κ3) is 4.87. The fourth-order valence-electron chi connectivity index (χ4n) is 2.45. The van der Waals surface area contributed by atoms with E-state index in [1.54, 1.807) is 0 Å². The van der Waals surface area contributed by atoms with Crippen molar-refractivity contribution >= 4 is 27.7 Å². The molecular weight excluding hydrogens is 342 g/mol. The number of benzene rings is 2. The SMILES string of the molecule is CCNC(c1ccccc1)C(CC)Sc1cccc(Br)c1. The molecule has 0 bridgehead atoms. The van der Waals surface area contributed by atoms with E-state index in [9.17, 15) is 0 Å². The molecule has 0 heterocycles. The summed E-state index contributed by atoms with van der Waals surface area (Å²) in [7, 11) is 0. The van der Waals surface area contributed by atoms with Gasteiger partial charge >= 0.3 is 0 Å². The van der Waals surface area contributed by atoms with Gasteiger partial charge in [0.2, 0.25) is 0 Å². The van der Waals surface area contributed by atoms with Crippen molar-refractivity contribution in [2.75, 3.05) is 6.54 Å². The molecule has 0 amide bonds. The molecule has 0 aliphatic carbocycles. The van der Waals surface area contributed by atoms with E-state index < -0.39 is 0 Å². The van der Waals surface area contributed by atoms with Crippen molar-refractivity contribution in [3.63, 3.8) is 0 Å². The van der Waals surface area contributed by atoms with Crippen LogP contribution in [0.4, 0.5) is 0 Å². The van der Waals surface area contributed by atoms with E-state index in [0.717, 1.165) is 17.4 Å². The lowest BCUT2D eigenvalue weighted by molar-refractivity contribution is 0.521. The second kappa shape index (κ2) is 8.62. The Labute approximate surface area is 140 Å². The zero-order valence-corrected chi connectivity index (χ0v) is 15.0. The zero-order valence-electron chi connectivity index (χ0n) is 12.6. The van der Waals surface area contributed by atoms with E-state index in [0.29, 0.717) is 11.3 Å². The molecule has 2 aromatic rings. The number of nitrogens with one attached hydrogen (secondary N) is 1. The molecule has 1 nitrogen and oxygen atoms in total. The lowest BCUT2D eigenvalue weighted by Crippen LogP contribution is -2.29. The van der Waals surface area contributed by atoms with Gasteiger partial charge in [0.25, 0.3) is 0 Å². The van der Waals surface area contributed by atoms with Gasteiger partial charge in [0, 0.05) is 20.7 Å². The molecule has 112 valence electrons.